The summed E-state index contributed by atoms with van der Waals surface area (Å²) in [4.78, 5) is 11.4. The van der Waals surface area contributed by atoms with E-state index in [2.05, 4.69) is 5.32 Å². The number of rotatable bonds is 5. The van der Waals surface area contributed by atoms with Crippen LogP contribution in [0.15, 0.2) is 24.3 Å². The number of halogens is 1. The van der Waals surface area contributed by atoms with E-state index >= 15 is 0 Å². The van der Waals surface area contributed by atoms with Crippen LogP contribution in [-0.2, 0) is 14.6 Å². The predicted octanol–water partition coefficient (Wildman–Crippen LogP) is 0.652. The molecule has 0 atom stereocenters. The summed E-state index contributed by atoms with van der Waals surface area (Å²) < 4.78 is 22.7. The van der Waals surface area contributed by atoms with Gasteiger partial charge in [0, 0.05) is 17.3 Å². The van der Waals surface area contributed by atoms with E-state index in [4.69, 9.17) is 17.3 Å². The first-order valence-electron chi connectivity index (χ1n) is 4.89. The number of anilines is 1. The van der Waals surface area contributed by atoms with E-state index in [9.17, 15) is 13.2 Å². The van der Waals surface area contributed by atoms with Gasteiger partial charge in [-0.25, -0.2) is 8.42 Å². The smallest absolute Gasteiger partial charge is 0.239 e. The maximum atomic E-state index is 11.4. The van der Waals surface area contributed by atoms with Crippen molar-refractivity contribution in [3.63, 3.8) is 0 Å². The fraction of sp³-hybridized carbons (Fsp3) is 0.300. The van der Waals surface area contributed by atoms with Gasteiger partial charge in [-0.3, -0.25) is 4.79 Å². The second-order valence-corrected chi connectivity index (χ2v) is 6.06. The summed E-state index contributed by atoms with van der Waals surface area (Å²) in [5, 5.41) is 2.92. The molecule has 1 aromatic rings. The molecule has 5 nitrogen and oxygen atoms in total. The molecular formula is C10H13ClN2O3S. The van der Waals surface area contributed by atoms with E-state index in [1.165, 1.54) is 6.07 Å². The third-order valence-electron chi connectivity index (χ3n) is 1.89. The third kappa shape index (κ3) is 5.16. The normalized spacial score (nSPS) is 11.2. The van der Waals surface area contributed by atoms with Crippen LogP contribution in [0.3, 0.4) is 0 Å². The highest BCUT2D eigenvalue weighted by atomic mass is 35.5. The Bertz CT molecular complexity index is 502. The summed E-state index contributed by atoms with van der Waals surface area (Å²) in [6.07, 6.45) is 0. The quantitative estimate of drug-likeness (QED) is 0.826. The van der Waals surface area contributed by atoms with Gasteiger partial charge in [0.05, 0.1) is 5.75 Å². The monoisotopic (exact) mass is 276 g/mol. The number of hydrogen-bond donors (Lipinski definition) is 2. The molecule has 17 heavy (non-hydrogen) atoms. The highest BCUT2D eigenvalue weighted by Gasteiger charge is 2.15. The Morgan fingerprint density at radius 1 is 1.41 bits per heavy atom. The lowest BCUT2D eigenvalue weighted by atomic mass is 10.3. The van der Waals surface area contributed by atoms with E-state index in [0.717, 1.165) is 0 Å². The highest BCUT2D eigenvalue weighted by molar-refractivity contribution is 7.92. The van der Waals surface area contributed by atoms with Gasteiger partial charge in [0.2, 0.25) is 5.91 Å². The first-order chi connectivity index (χ1) is 7.93. The summed E-state index contributed by atoms with van der Waals surface area (Å²) in [5.74, 6) is -1.37. The topological polar surface area (TPSA) is 89.3 Å². The Balaban J connectivity index is 2.62. The molecule has 1 aromatic carbocycles. The predicted molar refractivity (Wildman–Crippen MR) is 67.8 cm³/mol. The van der Waals surface area contributed by atoms with Crippen molar-refractivity contribution in [2.75, 3.05) is 23.4 Å². The van der Waals surface area contributed by atoms with Crippen LogP contribution in [0.25, 0.3) is 0 Å². The van der Waals surface area contributed by atoms with Crippen molar-refractivity contribution in [2.45, 2.75) is 0 Å². The molecule has 0 aliphatic rings. The molecule has 0 radical (unpaired) electrons. The molecule has 0 aromatic heterocycles. The van der Waals surface area contributed by atoms with Crippen molar-refractivity contribution in [1.82, 2.24) is 0 Å². The van der Waals surface area contributed by atoms with Crippen LogP contribution in [0.1, 0.15) is 0 Å². The van der Waals surface area contributed by atoms with Crippen LogP contribution in [0.2, 0.25) is 5.02 Å². The molecule has 0 aliphatic carbocycles. The average Bonchev–Trinajstić information content (AvgIpc) is 2.15. The van der Waals surface area contributed by atoms with Crippen LogP contribution in [-0.4, -0.2) is 32.4 Å². The zero-order chi connectivity index (χ0) is 12.9. The van der Waals surface area contributed by atoms with Crippen molar-refractivity contribution < 1.29 is 13.2 Å². The van der Waals surface area contributed by atoms with Gasteiger partial charge in [-0.2, -0.15) is 0 Å². The lowest BCUT2D eigenvalue weighted by Gasteiger charge is -2.05. The van der Waals surface area contributed by atoms with Gasteiger partial charge in [-0.1, -0.05) is 17.7 Å². The molecule has 0 unspecified atom stereocenters. The zero-order valence-electron chi connectivity index (χ0n) is 9.02. The molecule has 0 bridgehead atoms. The number of hydrogen-bond acceptors (Lipinski definition) is 4. The molecule has 0 saturated heterocycles. The molecule has 0 heterocycles. The van der Waals surface area contributed by atoms with Crippen molar-refractivity contribution in [1.29, 1.82) is 0 Å². The van der Waals surface area contributed by atoms with Crippen molar-refractivity contribution in [2.24, 2.45) is 5.73 Å². The molecule has 7 heteroatoms. The minimum absolute atomic E-state index is 0.00672. The van der Waals surface area contributed by atoms with E-state index in [-0.39, 0.29) is 12.3 Å². The largest absolute Gasteiger partial charge is 0.329 e. The van der Waals surface area contributed by atoms with Gasteiger partial charge in [-0.15, -0.1) is 0 Å². The van der Waals surface area contributed by atoms with Gasteiger partial charge in [-0.05, 0) is 18.2 Å². The molecular weight excluding hydrogens is 264 g/mol. The molecule has 1 rings (SSSR count). The SMILES string of the molecule is NCCS(=O)(=O)CC(=O)Nc1cccc(Cl)c1. The first kappa shape index (κ1) is 14.0. The van der Waals surface area contributed by atoms with E-state index in [0.29, 0.717) is 10.7 Å². The molecule has 0 saturated carbocycles. The Labute approximate surface area is 105 Å². The second-order valence-electron chi connectivity index (χ2n) is 3.44. The van der Waals surface area contributed by atoms with Crippen LogP contribution in [0, 0.1) is 0 Å². The van der Waals surface area contributed by atoms with E-state index < -0.39 is 21.5 Å². The number of carbonyl (C=O) groups is 1. The number of nitrogens with one attached hydrogen (secondary N) is 1. The Kier molecular flexibility index (Phi) is 4.92. The van der Waals surface area contributed by atoms with Crippen molar-refractivity contribution in [3.05, 3.63) is 29.3 Å². The summed E-state index contributed by atoms with van der Waals surface area (Å²) in [5.41, 5.74) is 5.60. The number of amides is 1. The first-order valence-corrected chi connectivity index (χ1v) is 7.09. The number of nitrogens with two attached hydrogens (primary N) is 1. The Hall–Kier alpha value is -1.11. The van der Waals surface area contributed by atoms with Crippen LogP contribution >= 0.6 is 11.6 Å². The number of benzene rings is 1. The summed E-state index contributed by atoms with van der Waals surface area (Å²) in [6, 6.07) is 6.48. The molecule has 3 N–H and O–H groups in total. The van der Waals surface area contributed by atoms with Gasteiger partial charge in [0.1, 0.15) is 5.75 Å². The van der Waals surface area contributed by atoms with Crippen LogP contribution < -0.4 is 11.1 Å². The van der Waals surface area contributed by atoms with Gasteiger partial charge in [0.25, 0.3) is 0 Å². The van der Waals surface area contributed by atoms with Crippen LogP contribution in [0.5, 0.6) is 0 Å². The molecule has 94 valence electrons. The Morgan fingerprint density at radius 2 is 2.12 bits per heavy atom. The summed E-state index contributed by atoms with van der Waals surface area (Å²) in [7, 11) is -3.43. The second kappa shape index (κ2) is 6.00. The van der Waals surface area contributed by atoms with Gasteiger partial charge < -0.3 is 11.1 Å². The maximum Gasteiger partial charge on any atom is 0.239 e. The number of sulfone groups is 1. The fourth-order valence-electron chi connectivity index (χ4n) is 1.21. The minimum atomic E-state index is -3.43. The molecule has 0 spiro atoms. The fourth-order valence-corrected chi connectivity index (χ4v) is 2.38. The number of carbonyl (C=O) groups excluding carboxylic acids is 1. The molecule has 0 fully saturated rings. The lowest BCUT2D eigenvalue weighted by molar-refractivity contribution is -0.113. The third-order valence-corrected chi connectivity index (χ3v) is 3.68. The van der Waals surface area contributed by atoms with Gasteiger partial charge >= 0.3 is 0 Å². The molecule has 0 aliphatic heterocycles. The standard InChI is InChI=1S/C10H13ClN2O3S/c11-8-2-1-3-9(6-8)13-10(14)7-17(15,16)5-4-12/h1-3,6H,4-5,7,12H2,(H,13,14). The molecule has 1 amide bonds. The van der Waals surface area contributed by atoms with E-state index in [1.54, 1.807) is 18.2 Å². The zero-order valence-corrected chi connectivity index (χ0v) is 10.6. The average molecular weight is 277 g/mol. The lowest BCUT2D eigenvalue weighted by Crippen LogP contribution is -2.27. The minimum Gasteiger partial charge on any atom is -0.329 e. The van der Waals surface area contributed by atoms with Crippen molar-refractivity contribution in [3.8, 4) is 0 Å². The van der Waals surface area contributed by atoms with Crippen LogP contribution in [0.4, 0.5) is 5.69 Å². The Morgan fingerprint density at radius 3 is 2.71 bits per heavy atom. The van der Waals surface area contributed by atoms with E-state index in [1.807, 2.05) is 0 Å². The summed E-state index contributed by atoms with van der Waals surface area (Å²) >= 11 is 5.73. The maximum absolute atomic E-state index is 11.4. The van der Waals surface area contributed by atoms with Gasteiger partial charge in [0.15, 0.2) is 9.84 Å². The van der Waals surface area contributed by atoms with Crippen molar-refractivity contribution >= 4 is 33.0 Å². The summed E-state index contributed by atoms with van der Waals surface area (Å²) in [6.45, 7) is 0.00672. The highest BCUT2D eigenvalue weighted by Crippen LogP contribution is 2.14.